The van der Waals surface area contributed by atoms with Crippen LogP contribution in [0, 0.1) is 0 Å². The van der Waals surface area contributed by atoms with Gasteiger partial charge in [-0.1, -0.05) is 18.2 Å². The highest BCUT2D eigenvalue weighted by atomic mass is 32.3. The number of hydroxylamine groups is 2. The molecular weight excluding hydrogens is 612 g/mol. The van der Waals surface area contributed by atoms with Crippen molar-refractivity contribution in [2.24, 2.45) is 0 Å². The van der Waals surface area contributed by atoms with Gasteiger partial charge in [0.15, 0.2) is 0 Å². The SMILES string of the molecule is CN(CCCC(=O)ON1C(=O)CCC1=O)C(=O)c1ccccc1C1=c2cc3c(cc2S(C)(C)c2cc4c(cc21)CCN4C)=[N+](C)CC3. The van der Waals surface area contributed by atoms with Gasteiger partial charge in [0.2, 0.25) is 5.36 Å². The minimum Gasteiger partial charge on any atom is -0.374 e. The first kappa shape index (κ1) is 31.2. The molecule has 1 fully saturated rings. The van der Waals surface area contributed by atoms with Gasteiger partial charge < -0.3 is 14.6 Å². The first-order valence-corrected chi connectivity index (χ1v) is 18.7. The van der Waals surface area contributed by atoms with Crippen LogP contribution < -0.4 is 20.1 Å². The molecule has 1 saturated heterocycles. The Morgan fingerprint density at radius 1 is 0.936 bits per heavy atom. The summed E-state index contributed by atoms with van der Waals surface area (Å²) in [7, 11) is 4.69. The highest BCUT2D eigenvalue weighted by Gasteiger charge is 2.36. The molecule has 0 unspecified atom stereocenters. The van der Waals surface area contributed by atoms with Crippen LogP contribution in [-0.4, -0.2) is 86.9 Å². The summed E-state index contributed by atoms with van der Waals surface area (Å²) in [4.78, 5) is 61.8. The highest BCUT2D eigenvalue weighted by molar-refractivity contribution is 8.32. The normalized spacial score (nSPS) is 18.1. The number of carbonyl (C=O) groups is 4. The van der Waals surface area contributed by atoms with E-state index in [9.17, 15) is 19.2 Å². The smallest absolute Gasteiger partial charge is 0.333 e. The van der Waals surface area contributed by atoms with E-state index in [2.05, 4.69) is 66.4 Å². The van der Waals surface area contributed by atoms with Crippen molar-refractivity contribution >= 4 is 45.0 Å². The van der Waals surface area contributed by atoms with Crippen molar-refractivity contribution in [1.82, 2.24) is 14.5 Å². The number of carbonyl (C=O) groups excluding carboxylic acids is 4. The summed E-state index contributed by atoms with van der Waals surface area (Å²) in [6.45, 7) is 2.30. The predicted octanol–water partition coefficient (Wildman–Crippen LogP) is 2.86. The molecule has 0 spiro atoms. The Morgan fingerprint density at radius 3 is 2.45 bits per heavy atom. The molecule has 244 valence electrons. The largest absolute Gasteiger partial charge is 0.374 e. The lowest BCUT2D eigenvalue weighted by Crippen LogP contribution is -2.33. The third kappa shape index (κ3) is 5.23. The van der Waals surface area contributed by atoms with Crippen LogP contribution in [0.15, 0.2) is 58.3 Å². The van der Waals surface area contributed by atoms with E-state index in [0.29, 0.717) is 23.6 Å². The Balaban J connectivity index is 1.27. The predicted molar refractivity (Wildman–Crippen MR) is 182 cm³/mol. The van der Waals surface area contributed by atoms with Gasteiger partial charge in [0.05, 0.1) is 0 Å². The lowest BCUT2D eigenvalue weighted by atomic mass is 9.89. The number of anilines is 1. The van der Waals surface area contributed by atoms with Gasteiger partial charge in [-0.2, -0.15) is 10.0 Å². The maximum atomic E-state index is 14.2. The van der Waals surface area contributed by atoms with Crippen LogP contribution in [0.1, 0.15) is 58.3 Å². The van der Waals surface area contributed by atoms with Crippen LogP contribution in [0.4, 0.5) is 5.69 Å². The van der Waals surface area contributed by atoms with Gasteiger partial charge >= 0.3 is 5.97 Å². The molecule has 0 atom stereocenters. The molecule has 0 aliphatic carbocycles. The number of hydrogen-bond donors (Lipinski definition) is 0. The Morgan fingerprint density at radius 2 is 1.68 bits per heavy atom. The second-order valence-electron chi connectivity index (χ2n) is 13.4. The summed E-state index contributed by atoms with van der Waals surface area (Å²) in [5, 5.41) is 3.08. The van der Waals surface area contributed by atoms with Crippen LogP contribution >= 0.6 is 10.0 Å². The fraction of sp³-hybridized carbons (Fsp3) is 0.378. The molecule has 9 nitrogen and oxygen atoms in total. The van der Waals surface area contributed by atoms with Crippen LogP contribution in [0.5, 0.6) is 0 Å². The summed E-state index contributed by atoms with van der Waals surface area (Å²) in [5.74, 6) is -1.81. The molecule has 10 heteroatoms. The van der Waals surface area contributed by atoms with Crippen LogP contribution in [0.25, 0.3) is 5.57 Å². The number of hydrogen-bond acceptors (Lipinski definition) is 6. The van der Waals surface area contributed by atoms with Gasteiger partial charge in [0.25, 0.3) is 17.7 Å². The molecule has 0 bridgehead atoms. The summed E-state index contributed by atoms with van der Waals surface area (Å²) >= 11 is 0. The van der Waals surface area contributed by atoms with Crippen molar-refractivity contribution in [1.29, 1.82) is 0 Å². The number of fused-ring (bicyclic) bond motifs is 4. The maximum absolute atomic E-state index is 14.2. The van der Waals surface area contributed by atoms with Gasteiger partial charge in [-0.3, -0.25) is 14.4 Å². The van der Waals surface area contributed by atoms with Crippen molar-refractivity contribution in [3.63, 3.8) is 0 Å². The van der Waals surface area contributed by atoms with Gasteiger partial charge in [-0.05, 0) is 77.1 Å². The van der Waals surface area contributed by atoms with Crippen LogP contribution in [-0.2, 0) is 32.1 Å². The van der Waals surface area contributed by atoms with Gasteiger partial charge in [0, 0.05) is 85.5 Å². The molecule has 0 saturated carbocycles. The Hall–Kier alpha value is -4.44. The van der Waals surface area contributed by atoms with E-state index in [0.717, 1.165) is 37.1 Å². The van der Waals surface area contributed by atoms with E-state index in [-0.39, 0.29) is 25.2 Å². The Bertz CT molecular complexity index is 2000. The van der Waals surface area contributed by atoms with E-state index in [1.54, 1.807) is 11.9 Å². The second-order valence-corrected chi connectivity index (χ2v) is 17.0. The van der Waals surface area contributed by atoms with Gasteiger partial charge in [-0.25, -0.2) is 9.37 Å². The average molecular weight is 654 g/mol. The van der Waals surface area contributed by atoms with Crippen molar-refractivity contribution in [2.45, 2.75) is 48.3 Å². The fourth-order valence-electron chi connectivity index (χ4n) is 7.41. The minimum absolute atomic E-state index is 0.0224. The second kappa shape index (κ2) is 11.7. The molecule has 7 rings (SSSR count). The van der Waals surface area contributed by atoms with E-state index in [4.69, 9.17) is 4.84 Å². The van der Waals surface area contributed by atoms with Crippen molar-refractivity contribution in [2.75, 3.05) is 58.2 Å². The summed E-state index contributed by atoms with van der Waals surface area (Å²) in [6.07, 6.45) is 7.20. The van der Waals surface area contributed by atoms with Crippen molar-refractivity contribution in [3.8, 4) is 0 Å². The van der Waals surface area contributed by atoms with Crippen molar-refractivity contribution < 1.29 is 24.0 Å². The number of rotatable bonds is 7. The first-order chi connectivity index (χ1) is 22.5. The average Bonchev–Trinajstić information content (AvgIpc) is 3.71. The molecule has 3 amide bonds. The standard InChI is InChI=1S/C37H41N4O5S/c1-38-17-14-23-19-27-31(21-29(23)38)47(4,5)32-22-30-24(15-18-39(30)2)20-28(32)36(27)25-9-6-7-10-26(25)37(45)40(3)16-8-11-35(44)46-41-33(42)12-13-34(41)43/h6-7,9-10,19-22H,8,11-18H2,1-5H3/q+1. The molecular formula is C37H41N4O5S+. The number of benzene rings is 3. The zero-order valence-electron chi connectivity index (χ0n) is 27.7. The molecule has 47 heavy (non-hydrogen) atoms. The molecule has 3 aromatic carbocycles. The van der Waals surface area contributed by atoms with E-state index in [1.807, 2.05) is 18.2 Å². The summed E-state index contributed by atoms with van der Waals surface area (Å²) < 4.78 is 2.35. The number of amides is 3. The topological polar surface area (TPSA) is 90.2 Å². The number of likely N-dealkylation sites (N-methyl/N-ethyl adjacent to an activating group) is 2. The maximum Gasteiger partial charge on any atom is 0.333 e. The number of imide groups is 1. The van der Waals surface area contributed by atoms with Gasteiger partial charge in [-0.15, -0.1) is 5.06 Å². The third-order valence-corrected chi connectivity index (χ3v) is 13.0. The quantitative estimate of drug-likeness (QED) is 0.288. The third-order valence-electron chi connectivity index (χ3n) is 10.1. The fourth-order valence-corrected chi connectivity index (χ4v) is 9.88. The van der Waals surface area contributed by atoms with E-state index in [1.165, 1.54) is 42.7 Å². The molecule has 0 N–H and O–H groups in total. The lowest BCUT2D eigenvalue weighted by molar-refractivity contribution is -0.197. The molecule has 0 aromatic heterocycles. The zero-order chi connectivity index (χ0) is 33.2. The zero-order valence-corrected chi connectivity index (χ0v) is 28.5. The lowest BCUT2D eigenvalue weighted by Gasteiger charge is -2.39. The molecule has 3 aromatic rings. The Labute approximate surface area is 276 Å². The monoisotopic (exact) mass is 653 g/mol. The Kier molecular flexibility index (Phi) is 7.74. The molecule has 0 radical (unpaired) electrons. The molecule has 4 aliphatic rings. The molecule has 4 heterocycles. The van der Waals surface area contributed by atoms with E-state index >= 15 is 0 Å². The molecule has 4 aliphatic heterocycles. The number of nitrogens with zero attached hydrogens (tertiary/aromatic N) is 4. The first-order valence-electron chi connectivity index (χ1n) is 16.2. The summed E-state index contributed by atoms with van der Waals surface area (Å²) in [5.41, 5.74) is 7.83. The van der Waals surface area contributed by atoms with Crippen LogP contribution in [0.3, 0.4) is 0 Å². The highest BCUT2D eigenvalue weighted by Crippen LogP contribution is 2.61. The summed E-state index contributed by atoms with van der Waals surface area (Å²) in [6, 6.07) is 17.5. The van der Waals surface area contributed by atoms with Crippen LogP contribution in [0.2, 0.25) is 0 Å². The van der Waals surface area contributed by atoms with Gasteiger partial charge in [0.1, 0.15) is 13.6 Å². The van der Waals surface area contributed by atoms with Crippen molar-refractivity contribution in [3.05, 3.63) is 86.9 Å². The van der Waals surface area contributed by atoms with E-state index < -0.39 is 27.8 Å². The minimum atomic E-state index is -1.38.